The van der Waals surface area contributed by atoms with Crippen LogP contribution in [0.25, 0.3) is 0 Å². The molecule has 1 N–H and O–H groups in total. The molecule has 1 aliphatic rings. The van der Waals surface area contributed by atoms with Crippen LogP contribution < -0.4 is 5.32 Å². The third-order valence-electron chi connectivity index (χ3n) is 2.78. The Morgan fingerprint density at radius 2 is 2.27 bits per heavy atom. The highest BCUT2D eigenvalue weighted by Crippen LogP contribution is 2.14. The molecule has 1 rings (SSSR count). The molecule has 0 spiro atoms. The first-order valence-corrected chi connectivity index (χ1v) is 5.69. The summed E-state index contributed by atoms with van der Waals surface area (Å²) in [4.78, 5) is 15.7. The van der Waals surface area contributed by atoms with Crippen molar-refractivity contribution in [2.24, 2.45) is 5.92 Å². The first-order valence-electron chi connectivity index (χ1n) is 5.69. The molecule has 0 bridgehead atoms. The van der Waals surface area contributed by atoms with Crippen molar-refractivity contribution in [1.82, 2.24) is 15.1 Å². The van der Waals surface area contributed by atoms with E-state index in [4.69, 9.17) is 0 Å². The van der Waals surface area contributed by atoms with Gasteiger partial charge in [-0.2, -0.15) is 0 Å². The van der Waals surface area contributed by atoms with Crippen LogP contribution in [0.15, 0.2) is 0 Å². The Hall–Kier alpha value is -0.770. The van der Waals surface area contributed by atoms with Gasteiger partial charge in [-0.15, -0.1) is 0 Å². The molecule has 15 heavy (non-hydrogen) atoms. The Balaban J connectivity index is 2.28. The summed E-state index contributed by atoms with van der Waals surface area (Å²) >= 11 is 0. The van der Waals surface area contributed by atoms with Gasteiger partial charge in [0.15, 0.2) is 0 Å². The third kappa shape index (κ3) is 4.08. The minimum atomic E-state index is 0.0413. The van der Waals surface area contributed by atoms with E-state index in [0.717, 1.165) is 19.6 Å². The van der Waals surface area contributed by atoms with E-state index >= 15 is 0 Å². The first-order chi connectivity index (χ1) is 6.99. The van der Waals surface area contributed by atoms with Gasteiger partial charge in [0, 0.05) is 26.2 Å². The van der Waals surface area contributed by atoms with Gasteiger partial charge in [-0.25, -0.2) is 4.79 Å². The monoisotopic (exact) mass is 213 g/mol. The lowest BCUT2D eigenvalue weighted by molar-refractivity contribution is 0.198. The molecule has 0 aromatic carbocycles. The highest BCUT2D eigenvalue weighted by Gasteiger charge is 2.22. The quantitative estimate of drug-likeness (QED) is 0.759. The maximum Gasteiger partial charge on any atom is 0.317 e. The average molecular weight is 213 g/mol. The van der Waals surface area contributed by atoms with Crippen molar-refractivity contribution in [3.05, 3.63) is 0 Å². The maximum atomic E-state index is 11.6. The number of nitrogens with zero attached hydrogens (tertiary/aromatic N) is 2. The Bertz CT molecular complexity index is 218. The molecule has 1 saturated heterocycles. The Morgan fingerprint density at radius 3 is 2.73 bits per heavy atom. The van der Waals surface area contributed by atoms with Crippen LogP contribution in [0.5, 0.6) is 0 Å². The standard InChI is InChI=1S/C11H23N3O/c1-9(2)12-11(15)14(4)8-10-5-6-13(3)7-10/h9-10H,5-8H2,1-4H3,(H,12,15). The van der Waals surface area contributed by atoms with E-state index in [9.17, 15) is 4.79 Å². The minimum Gasteiger partial charge on any atom is -0.336 e. The van der Waals surface area contributed by atoms with Crippen LogP contribution >= 0.6 is 0 Å². The van der Waals surface area contributed by atoms with E-state index in [-0.39, 0.29) is 12.1 Å². The number of carbonyl (C=O) groups excluding carboxylic acids is 1. The van der Waals surface area contributed by atoms with Crippen LogP contribution in [0, 0.1) is 5.92 Å². The fraction of sp³-hybridized carbons (Fsp3) is 0.909. The number of amides is 2. The van der Waals surface area contributed by atoms with Crippen molar-refractivity contribution >= 4 is 6.03 Å². The predicted molar refractivity (Wildman–Crippen MR) is 61.9 cm³/mol. The van der Waals surface area contributed by atoms with Crippen LogP contribution in [0.4, 0.5) is 4.79 Å². The van der Waals surface area contributed by atoms with Gasteiger partial charge in [0.05, 0.1) is 0 Å². The van der Waals surface area contributed by atoms with Crippen molar-refractivity contribution in [3.63, 3.8) is 0 Å². The summed E-state index contributed by atoms with van der Waals surface area (Å²) in [6.45, 7) is 7.09. The van der Waals surface area contributed by atoms with Crippen LogP contribution in [0.3, 0.4) is 0 Å². The second-order valence-electron chi connectivity index (χ2n) is 4.90. The molecule has 0 aromatic heterocycles. The lowest BCUT2D eigenvalue weighted by atomic mass is 10.1. The van der Waals surface area contributed by atoms with Crippen molar-refractivity contribution < 1.29 is 4.79 Å². The molecule has 1 unspecified atom stereocenters. The molecular weight excluding hydrogens is 190 g/mol. The largest absolute Gasteiger partial charge is 0.336 e. The number of rotatable bonds is 3. The van der Waals surface area contributed by atoms with Crippen molar-refractivity contribution in [1.29, 1.82) is 0 Å². The van der Waals surface area contributed by atoms with Crippen molar-refractivity contribution in [2.75, 3.05) is 33.7 Å². The van der Waals surface area contributed by atoms with Gasteiger partial charge in [-0.1, -0.05) is 0 Å². The topological polar surface area (TPSA) is 35.6 Å². The van der Waals surface area contributed by atoms with Crippen molar-refractivity contribution in [2.45, 2.75) is 26.3 Å². The van der Waals surface area contributed by atoms with Crippen LogP contribution in [-0.2, 0) is 0 Å². The molecule has 1 heterocycles. The van der Waals surface area contributed by atoms with E-state index in [1.807, 2.05) is 20.9 Å². The second kappa shape index (κ2) is 5.35. The molecule has 4 heteroatoms. The fourth-order valence-corrected chi connectivity index (χ4v) is 2.00. The summed E-state index contributed by atoms with van der Waals surface area (Å²) < 4.78 is 0. The van der Waals surface area contributed by atoms with Gasteiger partial charge >= 0.3 is 6.03 Å². The molecule has 0 aromatic rings. The molecule has 0 aliphatic carbocycles. The molecule has 1 fully saturated rings. The zero-order valence-electron chi connectivity index (χ0n) is 10.3. The number of hydrogen-bond acceptors (Lipinski definition) is 2. The molecular formula is C11H23N3O. The lowest BCUT2D eigenvalue weighted by Crippen LogP contribution is -2.43. The van der Waals surface area contributed by atoms with Gasteiger partial charge in [0.25, 0.3) is 0 Å². The van der Waals surface area contributed by atoms with E-state index in [1.165, 1.54) is 6.42 Å². The summed E-state index contributed by atoms with van der Waals surface area (Å²) in [5.41, 5.74) is 0. The molecule has 1 aliphatic heterocycles. The molecule has 0 saturated carbocycles. The maximum absolute atomic E-state index is 11.6. The number of carbonyl (C=O) groups is 1. The highest BCUT2D eigenvalue weighted by atomic mass is 16.2. The van der Waals surface area contributed by atoms with Crippen LogP contribution in [-0.4, -0.2) is 55.6 Å². The number of hydrogen-bond donors (Lipinski definition) is 1. The summed E-state index contributed by atoms with van der Waals surface area (Å²) in [7, 11) is 4.00. The second-order valence-corrected chi connectivity index (χ2v) is 4.90. The normalized spacial score (nSPS) is 22.1. The van der Waals surface area contributed by atoms with E-state index in [2.05, 4.69) is 17.3 Å². The van der Waals surface area contributed by atoms with Gasteiger partial charge in [0.2, 0.25) is 0 Å². The summed E-state index contributed by atoms with van der Waals surface area (Å²) in [6, 6.07) is 0.255. The SMILES string of the molecule is CC(C)NC(=O)N(C)CC1CCN(C)C1. The highest BCUT2D eigenvalue weighted by molar-refractivity contribution is 5.74. The fourth-order valence-electron chi connectivity index (χ4n) is 2.00. The number of nitrogens with one attached hydrogen (secondary N) is 1. The van der Waals surface area contributed by atoms with E-state index in [0.29, 0.717) is 5.92 Å². The van der Waals surface area contributed by atoms with Gasteiger partial charge in [-0.05, 0) is 39.8 Å². The zero-order valence-corrected chi connectivity index (χ0v) is 10.3. The molecule has 4 nitrogen and oxygen atoms in total. The lowest BCUT2D eigenvalue weighted by Gasteiger charge is -2.22. The summed E-state index contributed by atoms with van der Waals surface area (Å²) in [6.07, 6.45) is 1.20. The van der Waals surface area contributed by atoms with Gasteiger partial charge in [-0.3, -0.25) is 0 Å². The van der Waals surface area contributed by atoms with Crippen molar-refractivity contribution in [3.8, 4) is 0 Å². The Labute approximate surface area is 92.6 Å². The van der Waals surface area contributed by atoms with E-state index in [1.54, 1.807) is 4.90 Å². The molecule has 1 atom stereocenters. The van der Waals surface area contributed by atoms with Crippen LogP contribution in [0.1, 0.15) is 20.3 Å². The zero-order chi connectivity index (χ0) is 11.4. The Morgan fingerprint density at radius 1 is 1.60 bits per heavy atom. The summed E-state index contributed by atoms with van der Waals surface area (Å²) in [5, 5.41) is 2.90. The minimum absolute atomic E-state index is 0.0413. The predicted octanol–water partition coefficient (Wildman–Crippen LogP) is 0.988. The van der Waals surface area contributed by atoms with Crippen LogP contribution in [0.2, 0.25) is 0 Å². The van der Waals surface area contributed by atoms with E-state index < -0.39 is 0 Å². The number of urea groups is 1. The Kier molecular flexibility index (Phi) is 4.39. The first kappa shape index (κ1) is 12.3. The average Bonchev–Trinajstić information content (AvgIpc) is 2.50. The molecule has 88 valence electrons. The summed E-state index contributed by atoms with van der Waals surface area (Å²) in [5.74, 6) is 0.637. The number of likely N-dealkylation sites (tertiary alicyclic amines) is 1. The molecule has 2 amide bonds. The van der Waals surface area contributed by atoms with Gasteiger partial charge in [0.1, 0.15) is 0 Å². The third-order valence-corrected chi connectivity index (χ3v) is 2.78. The smallest absolute Gasteiger partial charge is 0.317 e. The molecule has 0 radical (unpaired) electrons. The van der Waals surface area contributed by atoms with Gasteiger partial charge < -0.3 is 15.1 Å².